The summed E-state index contributed by atoms with van der Waals surface area (Å²) in [5.41, 5.74) is 1.45. The zero-order valence-corrected chi connectivity index (χ0v) is 16.5. The van der Waals surface area contributed by atoms with Gasteiger partial charge in [-0.2, -0.15) is 4.31 Å². The van der Waals surface area contributed by atoms with Crippen LogP contribution in [-0.4, -0.2) is 31.2 Å². The van der Waals surface area contributed by atoms with Crippen LogP contribution in [0.15, 0.2) is 34.5 Å². The number of hydrogen-bond acceptors (Lipinski definition) is 4. The van der Waals surface area contributed by atoms with Crippen LogP contribution in [0.1, 0.15) is 18.4 Å². The summed E-state index contributed by atoms with van der Waals surface area (Å²) in [5.74, 6) is -0.358. The van der Waals surface area contributed by atoms with Gasteiger partial charge < -0.3 is 5.32 Å². The SMILES string of the molecule is Cc1ccc(NC(=O)[C@H]2CCCN2S(=O)(=O)c2ccc(Cl)s2)cc1Cl. The topological polar surface area (TPSA) is 66.5 Å². The van der Waals surface area contributed by atoms with E-state index in [0.717, 1.165) is 16.9 Å². The normalized spacial score (nSPS) is 18.4. The number of hydrogen-bond donors (Lipinski definition) is 1. The fraction of sp³-hybridized carbons (Fsp3) is 0.312. The average Bonchev–Trinajstić information content (AvgIpc) is 3.20. The Morgan fingerprint density at radius 2 is 2.04 bits per heavy atom. The molecule has 134 valence electrons. The van der Waals surface area contributed by atoms with Crippen molar-refractivity contribution in [1.82, 2.24) is 4.31 Å². The molecule has 0 unspecified atom stereocenters. The van der Waals surface area contributed by atoms with E-state index in [0.29, 0.717) is 34.4 Å². The monoisotopic (exact) mass is 418 g/mol. The van der Waals surface area contributed by atoms with Crippen LogP contribution in [0.2, 0.25) is 9.36 Å². The van der Waals surface area contributed by atoms with Gasteiger partial charge in [0.1, 0.15) is 10.3 Å². The molecule has 25 heavy (non-hydrogen) atoms. The molecule has 0 saturated carbocycles. The first kappa shape index (κ1) is 18.7. The molecule has 0 aliphatic carbocycles. The Bertz CT molecular complexity index is 912. The molecular formula is C16H16Cl2N2O3S2. The number of carbonyl (C=O) groups excluding carboxylic acids is 1. The van der Waals surface area contributed by atoms with Gasteiger partial charge in [0.25, 0.3) is 10.0 Å². The van der Waals surface area contributed by atoms with Gasteiger partial charge in [-0.25, -0.2) is 8.42 Å². The molecule has 9 heteroatoms. The maximum Gasteiger partial charge on any atom is 0.253 e. The van der Waals surface area contributed by atoms with Crippen molar-refractivity contribution in [3.05, 3.63) is 45.3 Å². The van der Waals surface area contributed by atoms with Crippen LogP contribution in [0.4, 0.5) is 5.69 Å². The lowest BCUT2D eigenvalue weighted by Gasteiger charge is -2.22. The van der Waals surface area contributed by atoms with Crippen LogP contribution < -0.4 is 5.32 Å². The zero-order valence-electron chi connectivity index (χ0n) is 13.3. The van der Waals surface area contributed by atoms with Crippen molar-refractivity contribution < 1.29 is 13.2 Å². The van der Waals surface area contributed by atoms with Crippen LogP contribution in [0.3, 0.4) is 0 Å². The second-order valence-electron chi connectivity index (χ2n) is 5.79. The highest BCUT2D eigenvalue weighted by Crippen LogP contribution is 2.32. The van der Waals surface area contributed by atoms with Gasteiger partial charge in [0, 0.05) is 17.3 Å². The van der Waals surface area contributed by atoms with Gasteiger partial charge in [0.2, 0.25) is 5.91 Å². The van der Waals surface area contributed by atoms with Gasteiger partial charge in [-0.3, -0.25) is 4.79 Å². The van der Waals surface area contributed by atoms with Crippen LogP contribution in [-0.2, 0) is 14.8 Å². The molecule has 5 nitrogen and oxygen atoms in total. The molecule has 1 N–H and O–H groups in total. The highest BCUT2D eigenvalue weighted by Gasteiger charge is 2.40. The summed E-state index contributed by atoms with van der Waals surface area (Å²) >= 11 is 12.9. The number of amides is 1. The summed E-state index contributed by atoms with van der Waals surface area (Å²) in [4.78, 5) is 12.6. The number of halogens is 2. The minimum Gasteiger partial charge on any atom is -0.325 e. The van der Waals surface area contributed by atoms with Gasteiger partial charge in [-0.15, -0.1) is 11.3 Å². The van der Waals surface area contributed by atoms with Crippen molar-refractivity contribution in [2.75, 3.05) is 11.9 Å². The number of sulfonamides is 1. The number of carbonyl (C=O) groups is 1. The van der Waals surface area contributed by atoms with E-state index < -0.39 is 16.1 Å². The largest absolute Gasteiger partial charge is 0.325 e. The maximum absolute atomic E-state index is 12.8. The van der Waals surface area contributed by atoms with Crippen LogP contribution in [0.25, 0.3) is 0 Å². The molecule has 1 aromatic heterocycles. The van der Waals surface area contributed by atoms with Crippen LogP contribution >= 0.6 is 34.5 Å². The van der Waals surface area contributed by atoms with Crippen LogP contribution in [0, 0.1) is 6.92 Å². The first-order valence-electron chi connectivity index (χ1n) is 7.63. The number of anilines is 1. The van der Waals surface area contributed by atoms with Crippen molar-refractivity contribution in [3.63, 3.8) is 0 Å². The van der Waals surface area contributed by atoms with Gasteiger partial charge in [0.15, 0.2) is 0 Å². The summed E-state index contributed by atoms with van der Waals surface area (Å²) in [6, 6.07) is 7.46. The number of nitrogens with zero attached hydrogens (tertiary/aromatic N) is 1. The van der Waals surface area contributed by atoms with Crippen LogP contribution in [0.5, 0.6) is 0 Å². The molecule has 2 aromatic rings. The van der Waals surface area contributed by atoms with Crippen molar-refractivity contribution in [2.45, 2.75) is 30.0 Å². The Kier molecular flexibility index (Phi) is 5.41. The predicted octanol–water partition coefficient (Wildman–Crippen LogP) is 4.16. The summed E-state index contributed by atoms with van der Waals surface area (Å²) in [7, 11) is -3.74. The Balaban J connectivity index is 1.81. The van der Waals surface area contributed by atoms with Crippen molar-refractivity contribution in [3.8, 4) is 0 Å². The van der Waals surface area contributed by atoms with E-state index in [1.54, 1.807) is 24.3 Å². The fourth-order valence-corrected chi connectivity index (χ4v) is 6.19. The van der Waals surface area contributed by atoms with Gasteiger partial charge >= 0.3 is 0 Å². The maximum atomic E-state index is 12.8. The summed E-state index contributed by atoms with van der Waals surface area (Å²) < 4.78 is 27.4. The van der Waals surface area contributed by atoms with Gasteiger partial charge in [-0.1, -0.05) is 29.3 Å². The number of aryl methyl sites for hydroxylation is 1. The Morgan fingerprint density at radius 3 is 2.68 bits per heavy atom. The van der Waals surface area contributed by atoms with Crippen molar-refractivity contribution in [2.24, 2.45) is 0 Å². The Morgan fingerprint density at radius 1 is 1.28 bits per heavy atom. The second-order valence-corrected chi connectivity index (χ2v) is 10.0. The third-order valence-corrected chi connectivity index (χ3v) is 8.07. The second kappa shape index (κ2) is 7.25. The first-order valence-corrected chi connectivity index (χ1v) is 10.6. The molecule has 1 fully saturated rings. The van der Waals surface area contributed by atoms with E-state index in [4.69, 9.17) is 23.2 Å². The molecule has 1 aliphatic heterocycles. The standard InChI is InChI=1S/C16H16Cl2N2O3S2/c1-10-4-5-11(9-12(10)17)19-16(21)13-3-2-8-20(13)25(22,23)15-7-6-14(18)24-15/h4-7,9,13H,2-3,8H2,1H3,(H,19,21)/t13-/m1/s1. The number of benzene rings is 1. The quantitative estimate of drug-likeness (QED) is 0.810. The third-order valence-electron chi connectivity index (χ3n) is 4.06. The third kappa shape index (κ3) is 3.85. The van der Waals surface area contributed by atoms with E-state index in [9.17, 15) is 13.2 Å². The zero-order chi connectivity index (χ0) is 18.2. The lowest BCUT2D eigenvalue weighted by molar-refractivity contribution is -0.119. The van der Waals surface area contributed by atoms with E-state index in [-0.39, 0.29) is 10.1 Å². The van der Waals surface area contributed by atoms with Crippen molar-refractivity contribution in [1.29, 1.82) is 0 Å². The molecule has 2 heterocycles. The summed E-state index contributed by atoms with van der Waals surface area (Å²) in [6.07, 6.45) is 1.11. The molecule has 0 spiro atoms. The van der Waals surface area contributed by atoms with Gasteiger partial charge in [0.05, 0.1) is 4.34 Å². The highest BCUT2D eigenvalue weighted by molar-refractivity contribution is 7.91. The van der Waals surface area contributed by atoms with Crippen molar-refractivity contribution >= 4 is 56.2 Å². The summed E-state index contributed by atoms with van der Waals surface area (Å²) in [5, 5.41) is 3.30. The van der Waals surface area contributed by atoms with E-state index in [1.165, 1.54) is 10.4 Å². The lowest BCUT2D eigenvalue weighted by Crippen LogP contribution is -2.42. The fourth-order valence-electron chi connectivity index (χ4n) is 2.74. The van der Waals surface area contributed by atoms with E-state index in [1.807, 2.05) is 6.92 Å². The van der Waals surface area contributed by atoms with E-state index in [2.05, 4.69) is 5.32 Å². The highest BCUT2D eigenvalue weighted by atomic mass is 35.5. The predicted molar refractivity (Wildman–Crippen MR) is 101 cm³/mol. The Labute approximate surface area is 160 Å². The molecule has 0 radical (unpaired) electrons. The minimum atomic E-state index is -3.74. The number of thiophene rings is 1. The molecular weight excluding hydrogens is 403 g/mol. The molecule has 0 bridgehead atoms. The van der Waals surface area contributed by atoms with E-state index >= 15 is 0 Å². The number of rotatable bonds is 4. The molecule has 1 aliphatic rings. The lowest BCUT2D eigenvalue weighted by atomic mass is 10.2. The smallest absolute Gasteiger partial charge is 0.253 e. The number of nitrogens with one attached hydrogen (secondary N) is 1. The Hall–Kier alpha value is -1.12. The molecule has 3 rings (SSSR count). The molecule has 1 amide bonds. The summed E-state index contributed by atoms with van der Waals surface area (Å²) in [6.45, 7) is 2.18. The minimum absolute atomic E-state index is 0.149. The first-order chi connectivity index (χ1) is 11.8. The molecule has 1 aromatic carbocycles. The van der Waals surface area contributed by atoms with Gasteiger partial charge in [-0.05, 0) is 49.6 Å². The molecule has 1 saturated heterocycles. The average molecular weight is 419 g/mol. The molecule has 1 atom stereocenters.